The molecule has 0 spiro atoms. The first-order valence-corrected chi connectivity index (χ1v) is 8.97. The molecule has 1 atom stereocenters. The first kappa shape index (κ1) is 19.7. The van der Waals surface area contributed by atoms with Crippen molar-refractivity contribution >= 4 is 23.3 Å². The summed E-state index contributed by atoms with van der Waals surface area (Å²) in [4.78, 5) is 19.2. The van der Waals surface area contributed by atoms with Crippen molar-refractivity contribution < 1.29 is 4.79 Å². The third kappa shape index (κ3) is 8.74. The molecule has 1 unspecified atom stereocenters. The molecule has 1 rings (SSSR count). The Morgan fingerprint density at radius 2 is 1.96 bits per heavy atom. The molecular weight excluding hydrogens is 312 g/mol. The number of rotatable bonds is 11. The van der Waals surface area contributed by atoms with Crippen molar-refractivity contribution in [2.45, 2.75) is 71.8 Å². The third-order valence-electron chi connectivity index (χ3n) is 3.81. The zero-order chi connectivity index (χ0) is 17.1. The molecule has 5 nitrogen and oxygen atoms in total. The Bertz CT molecular complexity index is 482. The van der Waals surface area contributed by atoms with E-state index in [1.165, 1.54) is 12.8 Å². The van der Waals surface area contributed by atoms with Crippen LogP contribution in [-0.4, -0.2) is 28.5 Å². The number of anilines is 1. The summed E-state index contributed by atoms with van der Waals surface area (Å²) in [6.07, 6.45) is 7.56. The van der Waals surface area contributed by atoms with Crippen molar-refractivity contribution in [1.29, 1.82) is 0 Å². The summed E-state index contributed by atoms with van der Waals surface area (Å²) >= 11 is 5.96. The molecule has 0 radical (unpaired) electrons. The molecule has 0 bridgehead atoms. The average molecular weight is 341 g/mol. The number of hydrogen-bond donors (Lipinski definition) is 2. The van der Waals surface area contributed by atoms with Crippen LogP contribution in [0.1, 0.15) is 65.0 Å². The fourth-order valence-corrected chi connectivity index (χ4v) is 2.64. The van der Waals surface area contributed by atoms with Gasteiger partial charge in [-0.15, -0.1) is 0 Å². The van der Waals surface area contributed by atoms with E-state index in [0.717, 1.165) is 50.2 Å². The van der Waals surface area contributed by atoms with Gasteiger partial charge >= 0.3 is 0 Å². The smallest absolute Gasteiger partial charge is 0.224 e. The molecule has 0 aromatic carbocycles. The maximum Gasteiger partial charge on any atom is 0.224 e. The number of carbonyl (C=O) groups excluding carboxylic acids is 1. The van der Waals surface area contributed by atoms with E-state index in [-0.39, 0.29) is 5.91 Å². The van der Waals surface area contributed by atoms with Crippen LogP contribution in [0.2, 0.25) is 5.28 Å². The van der Waals surface area contributed by atoms with Crippen molar-refractivity contribution in [3.8, 4) is 0 Å². The highest BCUT2D eigenvalue weighted by Crippen LogP contribution is 2.16. The first-order valence-electron chi connectivity index (χ1n) is 8.59. The van der Waals surface area contributed by atoms with E-state index in [1.807, 2.05) is 6.07 Å². The topological polar surface area (TPSA) is 66.9 Å². The number of halogens is 1. The Kier molecular flexibility index (Phi) is 9.60. The molecule has 1 aromatic rings. The molecule has 0 aliphatic rings. The number of hydrogen-bond acceptors (Lipinski definition) is 4. The van der Waals surface area contributed by atoms with E-state index < -0.39 is 0 Å². The molecule has 0 fully saturated rings. The fraction of sp³-hybridized carbons (Fsp3) is 0.706. The number of nitrogens with zero attached hydrogens (tertiary/aromatic N) is 2. The fourth-order valence-electron chi connectivity index (χ4n) is 2.44. The normalized spacial score (nSPS) is 12.0. The zero-order valence-electron chi connectivity index (χ0n) is 14.5. The quantitative estimate of drug-likeness (QED) is 0.472. The number of aromatic nitrogens is 2. The lowest BCUT2D eigenvalue weighted by Crippen LogP contribution is -2.21. The van der Waals surface area contributed by atoms with Gasteiger partial charge in [-0.2, -0.15) is 0 Å². The Hall–Kier alpha value is -1.36. The number of carbonyl (C=O) groups is 1. The van der Waals surface area contributed by atoms with Gasteiger partial charge in [-0.3, -0.25) is 4.79 Å². The molecule has 0 aliphatic heterocycles. The lowest BCUT2D eigenvalue weighted by atomic mass is 10.0. The molecule has 6 heteroatoms. The second-order valence-electron chi connectivity index (χ2n) is 5.80. The van der Waals surface area contributed by atoms with Gasteiger partial charge in [0, 0.05) is 31.3 Å². The maximum atomic E-state index is 10.8. The zero-order valence-corrected chi connectivity index (χ0v) is 15.2. The third-order valence-corrected chi connectivity index (χ3v) is 3.98. The minimum atomic E-state index is 0.0511. The molecule has 130 valence electrons. The van der Waals surface area contributed by atoms with Crippen LogP contribution in [0.5, 0.6) is 0 Å². The summed E-state index contributed by atoms with van der Waals surface area (Å²) in [5, 5.41) is 6.60. The molecular formula is C17H29ClN4O. The van der Waals surface area contributed by atoms with E-state index in [2.05, 4.69) is 34.4 Å². The van der Waals surface area contributed by atoms with Crippen LogP contribution in [0.15, 0.2) is 6.07 Å². The molecule has 1 heterocycles. The van der Waals surface area contributed by atoms with E-state index in [9.17, 15) is 4.79 Å². The second kappa shape index (κ2) is 11.2. The molecule has 2 N–H and O–H groups in total. The molecule has 0 saturated carbocycles. The van der Waals surface area contributed by atoms with E-state index in [0.29, 0.717) is 11.3 Å². The van der Waals surface area contributed by atoms with Crippen molar-refractivity contribution in [1.82, 2.24) is 15.3 Å². The van der Waals surface area contributed by atoms with Crippen LogP contribution in [-0.2, 0) is 11.2 Å². The highest BCUT2D eigenvalue weighted by atomic mass is 35.5. The van der Waals surface area contributed by atoms with E-state index in [1.54, 1.807) is 6.92 Å². The van der Waals surface area contributed by atoms with Crippen LogP contribution in [0, 0.1) is 0 Å². The predicted octanol–water partition coefficient (Wildman–Crippen LogP) is 3.97. The molecule has 1 aromatic heterocycles. The van der Waals surface area contributed by atoms with Gasteiger partial charge in [0.15, 0.2) is 0 Å². The Labute approximate surface area is 144 Å². The Morgan fingerprint density at radius 1 is 1.22 bits per heavy atom. The van der Waals surface area contributed by atoms with E-state index in [4.69, 9.17) is 11.6 Å². The number of nitrogens with one attached hydrogen (secondary N) is 2. The summed E-state index contributed by atoms with van der Waals surface area (Å²) in [6.45, 7) is 6.57. The number of aryl methyl sites for hydroxylation is 1. The van der Waals surface area contributed by atoms with Crippen LogP contribution in [0.3, 0.4) is 0 Å². The minimum Gasteiger partial charge on any atom is -0.367 e. The van der Waals surface area contributed by atoms with Crippen LogP contribution < -0.4 is 10.6 Å². The van der Waals surface area contributed by atoms with Gasteiger partial charge in [-0.25, -0.2) is 9.97 Å². The standard InChI is InChI=1S/C17H29ClN4O/c1-4-14(10-8-6-7-9-11-19-13(3)23)20-16-12-15(5-2)21-17(18)22-16/h12,14H,4-11H2,1-3H3,(H,19,23)(H,20,21,22). The van der Waals surface area contributed by atoms with Gasteiger partial charge in [0.2, 0.25) is 11.2 Å². The molecule has 0 saturated heterocycles. The molecule has 23 heavy (non-hydrogen) atoms. The summed E-state index contributed by atoms with van der Waals surface area (Å²) in [5.41, 5.74) is 0.959. The Morgan fingerprint density at radius 3 is 2.61 bits per heavy atom. The summed E-state index contributed by atoms with van der Waals surface area (Å²) in [7, 11) is 0. The minimum absolute atomic E-state index is 0.0511. The lowest BCUT2D eigenvalue weighted by molar-refractivity contribution is -0.118. The van der Waals surface area contributed by atoms with Crippen molar-refractivity contribution in [3.63, 3.8) is 0 Å². The highest BCUT2D eigenvalue weighted by molar-refractivity contribution is 6.28. The largest absolute Gasteiger partial charge is 0.367 e. The maximum absolute atomic E-state index is 10.8. The summed E-state index contributed by atoms with van der Waals surface area (Å²) in [6, 6.07) is 2.38. The van der Waals surface area contributed by atoms with Gasteiger partial charge in [-0.1, -0.05) is 33.1 Å². The van der Waals surface area contributed by atoms with Crippen molar-refractivity contribution in [2.24, 2.45) is 0 Å². The highest BCUT2D eigenvalue weighted by Gasteiger charge is 2.09. The summed E-state index contributed by atoms with van der Waals surface area (Å²) in [5.74, 6) is 0.870. The number of unbranched alkanes of at least 4 members (excludes halogenated alkanes) is 3. The van der Waals surface area contributed by atoms with Gasteiger partial charge in [0.25, 0.3) is 0 Å². The predicted molar refractivity (Wildman–Crippen MR) is 95.9 cm³/mol. The Balaban J connectivity index is 2.29. The average Bonchev–Trinajstić information content (AvgIpc) is 2.51. The SMILES string of the molecule is CCc1cc(NC(CC)CCCCCCNC(C)=O)nc(Cl)n1. The monoisotopic (exact) mass is 340 g/mol. The van der Waals surface area contributed by atoms with Crippen molar-refractivity contribution in [3.05, 3.63) is 17.0 Å². The van der Waals surface area contributed by atoms with Crippen LogP contribution >= 0.6 is 11.6 Å². The number of amides is 1. The van der Waals surface area contributed by atoms with Gasteiger partial charge in [0.1, 0.15) is 5.82 Å². The summed E-state index contributed by atoms with van der Waals surface area (Å²) < 4.78 is 0. The first-order chi connectivity index (χ1) is 11.0. The molecule has 1 amide bonds. The van der Waals surface area contributed by atoms with Gasteiger partial charge in [-0.05, 0) is 37.3 Å². The van der Waals surface area contributed by atoms with Crippen LogP contribution in [0.4, 0.5) is 5.82 Å². The van der Waals surface area contributed by atoms with Gasteiger partial charge < -0.3 is 10.6 Å². The van der Waals surface area contributed by atoms with Crippen LogP contribution in [0.25, 0.3) is 0 Å². The van der Waals surface area contributed by atoms with E-state index >= 15 is 0 Å². The second-order valence-corrected chi connectivity index (χ2v) is 6.14. The van der Waals surface area contributed by atoms with Crippen molar-refractivity contribution in [2.75, 3.05) is 11.9 Å². The lowest BCUT2D eigenvalue weighted by Gasteiger charge is -2.18. The van der Waals surface area contributed by atoms with Gasteiger partial charge in [0.05, 0.1) is 0 Å². The molecule has 0 aliphatic carbocycles.